The summed E-state index contributed by atoms with van der Waals surface area (Å²) in [6.07, 6.45) is 2.01. The number of nitrogens with zero attached hydrogens (tertiary/aromatic N) is 3. The van der Waals surface area contributed by atoms with Crippen molar-refractivity contribution in [3.05, 3.63) is 52.0 Å². The Hall–Kier alpha value is -2.21. The molecule has 0 aliphatic carbocycles. The van der Waals surface area contributed by atoms with Crippen LogP contribution in [0.1, 0.15) is 21.9 Å². The molecule has 1 saturated heterocycles. The van der Waals surface area contributed by atoms with Crippen molar-refractivity contribution < 1.29 is 9.59 Å². The third kappa shape index (κ3) is 3.82. The van der Waals surface area contributed by atoms with E-state index in [-0.39, 0.29) is 17.7 Å². The lowest BCUT2D eigenvalue weighted by Crippen LogP contribution is -2.34. The maximum absolute atomic E-state index is 12.6. The Balaban J connectivity index is 1.59. The van der Waals surface area contributed by atoms with Gasteiger partial charge in [-0.3, -0.25) is 14.6 Å². The van der Waals surface area contributed by atoms with Crippen LogP contribution in [0.15, 0.2) is 36.5 Å². The van der Waals surface area contributed by atoms with Gasteiger partial charge in [0.25, 0.3) is 0 Å². The molecule has 0 N–H and O–H groups in total. The first-order chi connectivity index (χ1) is 11.5. The van der Waals surface area contributed by atoms with Crippen molar-refractivity contribution in [3.63, 3.8) is 0 Å². The van der Waals surface area contributed by atoms with Gasteiger partial charge >= 0.3 is 0 Å². The molecule has 1 unspecified atom stereocenters. The van der Waals surface area contributed by atoms with Crippen molar-refractivity contribution in [2.24, 2.45) is 5.92 Å². The predicted molar refractivity (Wildman–Crippen MR) is 93.3 cm³/mol. The lowest BCUT2D eigenvalue weighted by molar-refractivity contribution is -0.135. The van der Waals surface area contributed by atoms with Crippen LogP contribution in [-0.4, -0.2) is 40.2 Å². The fourth-order valence-electron chi connectivity index (χ4n) is 2.97. The Kier molecular flexibility index (Phi) is 4.94. The monoisotopic (exact) mass is 343 g/mol. The first-order valence-electron chi connectivity index (χ1n) is 8.01. The number of carbonyl (C=O) groups is 2. The highest BCUT2D eigenvalue weighted by atomic mass is 32.1. The molecule has 24 heavy (non-hydrogen) atoms. The average Bonchev–Trinajstić information content (AvgIpc) is 3.14. The minimum atomic E-state index is -0.257. The van der Waals surface area contributed by atoms with E-state index in [0.29, 0.717) is 26.1 Å². The largest absolute Gasteiger partial charge is 0.340 e. The number of hydrogen-bond donors (Lipinski definition) is 0. The lowest BCUT2D eigenvalue weighted by Gasteiger charge is -2.21. The standard InChI is InChI=1S/C18H21N3O2S/c1-13-6-7-16(24-13)12-20(2)18(23)14-9-17(22)21(10-14)11-15-5-3-4-8-19-15/h3-8,14H,9-12H2,1-2H3. The summed E-state index contributed by atoms with van der Waals surface area (Å²) in [4.78, 5) is 35.0. The molecule has 3 rings (SSSR count). The van der Waals surface area contributed by atoms with Gasteiger partial charge < -0.3 is 9.80 Å². The molecule has 1 aliphatic rings. The van der Waals surface area contributed by atoms with E-state index < -0.39 is 0 Å². The highest BCUT2D eigenvalue weighted by molar-refractivity contribution is 7.11. The number of thiophene rings is 1. The highest BCUT2D eigenvalue weighted by Gasteiger charge is 2.35. The smallest absolute Gasteiger partial charge is 0.228 e. The van der Waals surface area contributed by atoms with Gasteiger partial charge in [-0.15, -0.1) is 11.3 Å². The molecule has 0 aromatic carbocycles. The zero-order valence-corrected chi connectivity index (χ0v) is 14.8. The van der Waals surface area contributed by atoms with Gasteiger partial charge in [-0.2, -0.15) is 0 Å². The van der Waals surface area contributed by atoms with Crippen LogP contribution >= 0.6 is 11.3 Å². The summed E-state index contributed by atoms with van der Waals surface area (Å²) in [7, 11) is 1.81. The minimum absolute atomic E-state index is 0.0272. The quantitative estimate of drug-likeness (QED) is 0.838. The van der Waals surface area contributed by atoms with E-state index in [2.05, 4.69) is 24.0 Å². The molecular weight excluding hydrogens is 322 g/mol. The Bertz CT molecular complexity index is 729. The van der Waals surface area contributed by atoms with Crippen LogP contribution in [0.25, 0.3) is 0 Å². The molecule has 126 valence electrons. The number of likely N-dealkylation sites (tertiary alicyclic amines) is 1. The van der Waals surface area contributed by atoms with Crippen LogP contribution in [0.3, 0.4) is 0 Å². The lowest BCUT2D eigenvalue weighted by atomic mass is 10.1. The molecule has 5 nitrogen and oxygen atoms in total. The molecule has 0 radical (unpaired) electrons. The molecule has 2 amide bonds. The minimum Gasteiger partial charge on any atom is -0.340 e. The Morgan fingerprint density at radius 1 is 1.38 bits per heavy atom. The maximum atomic E-state index is 12.6. The van der Waals surface area contributed by atoms with Gasteiger partial charge in [0.05, 0.1) is 24.7 Å². The number of amides is 2. The third-order valence-corrected chi connectivity index (χ3v) is 5.19. The Morgan fingerprint density at radius 2 is 2.21 bits per heavy atom. The second-order valence-electron chi connectivity index (χ2n) is 6.20. The number of rotatable bonds is 5. The molecule has 0 bridgehead atoms. The predicted octanol–water partition coefficient (Wildman–Crippen LogP) is 2.46. The second kappa shape index (κ2) is 7.13. The topological polar surface area (TPSA) is 53.5 Å². The van der Waals surface area contributed by atoms with Crippen molar-refractivity contribution in [2.75, 3.05) is 13.6 Å². The first kappa shape index (κ1) is 16.6. The molecule has 3 heterocycles. The molecule has 2 aromatic heterocycles. The van der Waals surface area contributed by atoms with Gasteiger partial charge in [0.1, 0.15) is 0 Å². The number of carbonyl (C=O) groups excluding carboxylic acids is 2. The summed E-state index contributed by atoms with van der Waals surface area (Å²) >= 11 is 1.70. The van der Waals surface area contributed by atoms with E-state index in [0.717, 1.165) is 10.6 Å². The van der Waals surface area contributed by atoms with Gasteiger partial charge in [-0.1, -0.05) is 6.07 Å². The summed E-state index contributed by atoms with van der Waals surface area (Å²) < 4.78 is 0. The maximum Gasteiger partial charge on any atom is 0.228 e. The van der Waals surface area contributed by atoms with Crippen LogP contribution in [-0.2, 0) is 22.7 Å². The summed E-state index contributed by atoms with van der Waals surface area (Å²) in [6.45, 7) is 3.60. The van der Waals surface area contributed by atoms with Gasteiger partial charge in [0, 0.05) is 36.0 Å². The zero-order chi connectivity index (χ0) is 17.1. The third-order valence-electron chi connectivity index (χ3n) is 4.21. The van der Waals surface area contributed by atoms with Crippen molar-refractivity contribution in [3.8, 4) is 0 Å². The van der Waals surface area contributed by atoms with Gasteiger partial charge in [0.2, 0.25) is 11.8 Å². The van der Waals surface area contributed by atoms with E-state index in [1.165, 1.54) is 4.88 Å². The van der Waals surface area contributed by atoms with Gasteiger partial charge in [0.15, 0.2) is 0 Å². The number of pyridine rings is 1. The molecule has 6 heteroatoms. The molecule has 1 atom stereocenters. The molecule has 0 spiro atoms. The number of aryl methyl sites for hydroxylation is 1. The first-order valence-corrected chi connectivity index (χ1v) is 8.82. The van der Waals surface area contributed by atoms with Crippen LogP contribution in [0, 0.1) is 12.8 Å². The van der Waals surface area contributed by atoms with Crippen LogP contribution in [0.2, 0.25) is 0 Å². The van der Waals surface area contributed by atoms with Crippen molar-refractivity contribution in [1.29, 1.82) is 0 Å². The highest BCUT2D eigenvalue weighted by Crippen LogP contribution is 2.23. The van der Waals surface area contributed by atoms with E-state index in [1.54, 1.807) is 27.3 Å². The zero-order valence-electron chi connectivity index (χ0n) is 13.9. The van der Waals surface area contributed by atoms with E-state index in [4.69, 9.17) is 0 Å². The molecule has 1 aliphatic heterocycles. The normalized spacial score (nSPS) is 17.3. The second-order valence-corrected chi connectivity index (χ2v) is 7.58. The Labute approximate surface area is 145 Å². The SMILES string of the molecule is Cc1ccc(CN(C)C(=O)C2CC(=O)N(Cc3ccccn3)C2)s1. The Morgan fingerprint density at radius 3 is 2.88 bits per heavy atom. The fraction of sp³-hybridized carbons (Fsp3) is 0.389. The molecule has 2 aromatic rings. The van der Waals surface area contributed by atoms with E-state index >= 15 is 0 Å². The van der Waals surface area contributed by atoms with Crippen LogP contribution < -0.4 is 0 Å². The van der Waals surface area contributed by atoms with Crippen LogP contribution in [0.5, 0.6) is 0 Å². The van der Waals surface area contributed by atoms with E-state index in [9.17, 15) is 9.59 Å². The van der Waals surface area contributed by atoms with Crippen LogP contribution in [0.4, 0.5) is 0 Å². The fourth-order valence-corrected chi connectivity index (χ4v) is 3.91. The molecular formula is C18H21N3O2S. The van der Waals surface area contributed by atoms with Crippen molar-refractivity contribution in [1.82, 2.24) is 14.8 Å². The average molecular weight is 343 g/mol. The van der Waals surface area contributed by atoms with E-state index in [1.807, 2.05) is 25.2 Å². The van der Waals surface area contributed by atoms with Crippen molar-refractivity contribution in [2.45, 2.75) is 26.4 Å². The number of hydrogen-bond acceptors (Lipinski definition) is 4. The molecule has 0 saturated carbocycles. The van der Waals surface area contributed by atoms with Crippen molar-refractivity contribution >= 4 is 23.2 Å². The molecule has 1 fully saturated rings. The summed E-state index contributed by atoms with van der Waals surface area (Å²) in [6, 6.07) is 9.77. The summed E-state index contributed by atoms with van der Waals surface area (Å²) in [5.74, 6) is -0.190. The van der Waals surface area contributed by atoms with Gasteiger partial charge in [-0.25, -0.2) is 0 Å². The van der Waals surface area contributed by atoms with Gasteiger partial charge in [-0.05, 0) is 31.2 Å². The summed E-state index contributed by atoms with van der Waals surface area (Å²) in [5.41, 5.74) is 0.848. The summed E-state index contributed by atoms with van der Waals surface area (Å²) in [5, 5.41) is 0. The number of aromatic nitrogens is 1.